The van der Waals surface area contributed by atoms with Crippen LogP contribution in [0, 0.1) is 23.7 Å². The van der Waals surface area contributed by atoms with E-state index in [1.807, 2.05) is 42.5 Å². The molecule has 0 spiro atoms. The number of carbonyl (C=O) groups excluding carboxylic acids is 2. The Hall–Kier alpha value is -2.10. The maximum atomic E-state index is 12.5. The molecule has 4 unspecified atom stereocenters. The zero-order valence-electron chi connectivity index (χ0n) is 12.6. The molecule has 0 saturated heterocycles. The summed E-state index contributed by atoms with van der Waals surface area (Å²) < 4.78 is 10.6. The van der Waals surface area contributed by atoms with Gasteiger partial charge in [0.1, 0.15) is 6.61 Å². The lowest BCUT2D eigenvalue weighted by atomic mass is 9.83. The van der Waals surface area contributed by atoms with Gasteiger partial charge in [-0.05, 0) is 30.7 Å². The molecule has 0 aliphatic heterocycles. The van der Waals surface area contributed by atoms with Gasteiger partial charge in [-0.2, -0.15) is 0 Å². The third-order valence-electron chi connectivity index (χ3n) is 4.51. The molecule has 3 rings (SSSR count). The Labute approximate surface area is 130 Å². The molecule has 116 valence electrons. The number of hydrogen-bond acceptors (Lipinski definition) is 4. The van der Waals surface area contributed by atoms with Gasteiger partial charge >= 0.3 is 11.9 Å². The van der Waals surface area contributed by atoms with Crippen LogP contribution in [-0.4, -0.2) is 18.5 Å². The van der Waals surface area contributed by atoms with E-state index in [-0.39, 0.29) is 30.4 Å². The fraction of sp³-hybridized carbons (Fsp3) is 0.444. The average molecular weight is 300 g/mol. The molecule has 1 saturated carbocycles. The molecule has 2 aliphatic rings. The molecule has 1 fully saturated rings. The number of benzene rings is 1. The van der Waals surface area contributed by atoms with E-state index in [4.69, 9.17) is 9.47 Å². The summed E-state index contributed by atoms with van der Waals surface area (Å²) in [5.74, 6) is -1.16. The van der Waals surface area contributed by atoms with E-state index in [2.05, 4.69) is 0 Å². The van der Waals surface area contributed by atoms with Gasteiger partial charge in [-0.1, -0.05) is 42.5 Å². The zero-order chi connectivity index (χ0) is 15.5. The molecule has 2 bridgehead atoms. The van der Waals surface area contributed by atoms with Crippen LogP contribution in [0.4, 0.5) is 0 Å². The standard InChI is InChI=1S/C18H20O4/c1-2-21-17(19)15-13-8-9-14(10-13)16(15)18(20)22-11-12-6-4-3-5-7-12/h3-9,13-16H,2,10-11H2,1H3. The summed E-state index contributed by atoms with van der Waals surface area (Å²) in [5, 5.41) is 0. The number of carbonyl (C=O) groups is 2. The van der Waals surface area contributed by atoms with Gasteiger partial charge in [0.05, 0.1) is 18.4 Å². The van der Waals surface area contributed by atoms with Crippen molar-refractivity contribution in [2.24, 2.45) is 23.7 Å². The Morgan fingerprint density at radius 2 is 1.59 bits per heavy atom. The first-order valence-electron chi connectivity index (χ1n) is 7.76. The van der Waals surface area contributed by atoms with Crippen molar-refractivity contribution in [3.63, 3.8) is 0 Å². The van der Waals surface area contributed by atoms with Crippen LogP contribution < -0.4 is 0 Å². The van der Waals surface area contributed by atoms with Crippen LogP contribution in [0.2, 0.25) is 0 Å². The second-order valence-corrected chi connectivity index (χ2v) is 5.85. The van der Waals surface area contributed by atoms with E-state index in [0.29, 0.717) is 6.61 Å². The largest absolute Gasteiger partial charge is 0.466 e. The average Bonchev–Trinajstić information content (AvgIpc) is 3.14. The Bertz CT molecular complexity index is 578. The number of fused-ring (bicyclic) bond motifs is 2. The Kier molecular flexibility index (Phi) is 4.27. The number of ether oxygens (including phenoxy) is 2. The van der Waals surface area contributed by atoms with E-state index in [9.17, 15) is 9.59 Å². The van der Waals surface area contributed by atoms with Crippen LogP contribution in [0.1, 0.15) is 18.9 Å². The number of rotatable bonds is 5. The van der Waals surface area contributed by atoms with Crippen molar-refractivity contribution in [1.29, 1.82) is 0 Å². The first kappa shape index (κ1) is 14.8. The lowest BCUT2D eigenvalue weighted by molar-refractivity contribution is -0.162. The summed E-state index contributed by atoms with van der Waals surface area (Å²) in [7, 11) is 0. The Morgan fingerprint density at radius 1 is 1.00 bits per heavy atom. The molecule has 0 heterocycles. The lowest BCUT2D eigenvalue weighted by Gasteiger charge is -2.24. The fourth-order valence-electron chi connectivity index (χ4n) is 3.53. The summed E-state index contributed by atoms with van der Waals surface area (Å²) in [4.78, 5) is 24.6. The molecule has 0 aromatic heterocycles. The zero-order valence-corrected chi connectivity index (χ0v) is 12.6. The van der Waals surface area contributed by atoms with Crippen molar-refractivity contribution in [3.8, 4) is 0 Å². The molecular formula is C18H20O4. The van der Waals surface area contributed by atoms with Gasteiger partial charge in [0.2, 0.25) is 0 Å². The van der Waals surface area contributed by atoms with Gasteiger partial charge in [0.15, 0.2) is 0 Å². The number of hydrogen-bond donors (Lipinski definition) is 0. The lowest BCUT2D eigenvalue weighted by Crippen LogP contribution is -2.35. The topological polar surface area (TPSA) is 52.6 Å². The summed E-state index contributed by atoms with van der Waals surface area (Å²) >= 11 is 0. The molecule has 1 aromatic rings. The third kappa shape index (κ3) is 2.78. The predicted octanol–water partition coefficient (Wildman–Crippen LogP) is 2.73. The minimum absolute atomic E-state index is 0.0997. The van der Waals surface area contributed by atoms with Crippen LogP contribution in [0.25, 0.3) is 0 Å². The molecule has 22 heavy (non-hydrogen) atoms. The second-order valence-electron chi connectivity index (χ2n) is 5.85. The highest BCUT2D eigenvalue weighted by molar-refractivity contribution is 5.84. The van der Waals surface area contributed by atoms with Crippen LogP contribution >= 0.6 is 0 Å². The van der Waals surface area contributed by atoms with E-state index in [1.165, 1.54) is 0 Å². The molecule has 4 atom stereocenters. The predicted molar refractivity (Wildman–Crippen MR) is 80.6 cm³/mol. The van der Waals surface area contributed by atoms with Gasteiger partial charge in [0.25, 0.3) is 0 Å². The fourth-order valence-corrected chi connectivity index (χ4v) is 3.53. The second kappa shape index (κ2) is 6.34. The molecule has 4 nitrogen and oxygen atoms in total. The molecule has 0 amide bonds. The molecule has 2 aliphatic carbocycles. The van der Waals surface area contributed by atoms with E-state index < -0.39 is 11.8 Å². The summed E-state index contributed by atoms with van der Waals surface area (Å²) in [6.45, 7) is 2.36. The van der Waals surface area contributed by atoms with Crippen LogP contribution in [0.5, 0.6) is 0 Å². The smallest absolute Gasteiger partial charge is 0.310 e. The van der Waals surface area contributed by atoms with Gasteiger partial charge in [0, 0.05) is 0 Å². The van der Waals surface area contributed by atoms with Gasteiger partial charge in [-0.3, -0.25) is 9.59 Å². The van der Waals surface area contributed by atoms with Crippen LogP contribution in [-0.2, 0) is 25.7 Å². The number of esters is 2. The minimum atomic E-state index is -0.405. The van der Waals surface area contributed by atoms with Crippen molar-refractivity contribution < 1.29 is 19.1 Å². The van der Waals surface area contributed by atoms with Crippen molar-refractivity contribution in [2.45, 2.75) is 20.0 Å². The quantitative estimate of drug-likeness (QED) is 0.620. The van der Waals surface area contributed by atoms with Gasteiger partial charge in [-0.15, -0.1) is 0 Å². The number of allylic oxidation sites excluding steroid dienone is 2. The van der Waals surface area contributed by atoms with Crippen LogP contribution in [0.3, 0.4) is 0 Å². The van der Waals surface area contributed by atoms with Crippen molar-refractivity contribution in [2.75, 3.05) is 6.61 Å². The van der Waals surface area contributed by atoms with E-state index >= 15 is 0 Å². The first-order chi connectivity index (χ1) is 10.7. The Balaban J connectivity index is 1.67. The highest BCUT2D eigenvalue weighted by atomic mass is 16.5. The van der Waals surface area contributed by atoms with E-state index in [1.54, 1.807) is 6.92 Å². The SMILES string of the molecule is CCOC(=O)C1C2C=CC(C2)C1C(=O)OCc1ccccc1. The monoisotopic (exact) mass is 300 g/mol. The van der Waals surface area contributed by atoms with Crippen molar-refractivity contribution in [3.05, 3.63) is 48.0 Å². The molecule has 4 heteroatoms. The highest BCUT2D eigenvalue weighted by Crippen LogP contribution is 2.49. The normalized spacial score (nSPS) is 28.6. The first-order valence-corrected chi connectivity index (χ1v) is 7.76. The maximum Gasteiger partial charge on any atom is 0.310 e. The minimum Gasteiger partial charge on any atom is -0.466 e. The summed E-state index contributed by atoms with van der Waals surface area (Å²) in [6, 6.07) is 9.56. The summed E-state index contributed by atoms with van der Waals surface area (Å²) in [5.41, 5.74) is 0.947. The molecular weight excluding hydrogens is 280 g/mol. The van der Waals surface area contributed by atoms with Crippen LogP contribution in [0.15, 0.2) is 42.5 Å². The van der Waals surface area contributed by atoms with Crippen molar-refractivity contribution in [1.82, 2.24) is 0 Å². The third-order valence-corrected chi connectivity index (χ3v) is 4.51. The molecule has 0 radical (unpaired) electrons. The molecule has 1 aromatic carbocycles. The van der Waals surface area contributed by atoms with E-state index in [0.717, 1.165) is 12.0 Å². The van der Waals surface area contributed by atoms with Gasteiger partial charge < -0.3 is 9.47 Å². The highest BCUT2D eigenvalue weighted by Gasteiger charge is 2.52. The molecule has 0 N–H and O–H groups in total. The maximum absolute atomic E-state index is 12.5. The summed E-state index contributed by atoms with van der Waals surface area (Å²) in [6.07, 6.45) is 4.91. The Morgan fingerprint density at radius 3 is 2.18 bits per heavy atom. The van der Waals surface area contributed by atoms with Crippen molar-refractivity contribution >= 4 is 11.9 Å². The van der Waals surface area contributed by atoms with Gasteiger partial charge in [-0.25, -0.2) is 0 Å².